The Morgan fingerprint density at radius 3 is 2.95 bits per heavy atom. The fourth-order valence-electron chi connectivity index (χ4n) is 1.62. The summed E-state index contributed by atoms with van der Waals surface area (Å²) in [5, 5.41) is 11.8. The van der Waals surface area contributed by atoms with E-state index in [0.29, 0.717) is 12.3 Å². The van der Waals surface area contributed by atoms with Gasteiger partial charge in [0.25, 0.3) is 0 Å². The SMILES string of the molecule is Cc1cccc(NC(=O)CCCSCC(C)CO)c1. The van der Waals surface area contributed by atoms with Crippen molar-refractivity contribution in [1.29, 1.82) is 0 Å². The van der Waals surface area contributed by atoms with Gasteiger partial charge in [-0.15, -0.1) is 0 Å². The molecule has 0 saturated carbocycles. The van der Waals surface area contributed by atoms with Crippen molar-refractivity contribution in [2.75, 3.05) is 23.4 Å². The maximum absolute atomic E-state index is 11.7. The van der Waals surface area contributed by atoms with E-state index in [9.17, 15) is 4.79 Å². The summed E-state index contributed by atoms with van der Waals surface area (Å²) < 4.78 is 0. The monoisotopic (exact) mass is 281 g/mol. The number of aliphatic hydroxyl groups is 1. The number of carbonyl (C=O) groups is 1. The molecule has 1 aromatic carbocycles. The molecule has 0 radical (unpaired) electrons. The normalized spacial score (nSPS) is 12.2. The van der Waals surface area contributed by atoms with Crippen molar-refractivity contribution in [1.82, 2.24) is 0 Å². The van der Waals surface area contributed by atoms with Gasteiger partial charge in [-0.1, -0.05) is 19.1 Å². The Balaban J connectivity index is 2.15. The first-order valence-electron chi connectivity index (χ1n) is 6.67. The molecule has 0 bridgehead atoms. The molecule has 4 heteroatoms. The van der Waals surface area contributed by atoms with E-state index in [-0.39, 0.29) is 12.5 Å². The zero-order valence-corrected chi connectivity index (χ0v) is 12.5. The number of amides is 1. The largest absolute Gasteiger partial charge is 0.396 e. The van der Waals surface area contributed by atoms with Crippen molar-refractivity contribution in [3.8, 4) is 0 Å². The van der Waals surface area contributed by atoms with Crippen LogP contribution in [0.5, 0.6) is 0 Å². The van der Waals surface area contributed by atoms with E-state index >= 15 is 0 Å². The number of rotatable bonds is 8. The van der Waals surface area contributed by atoms with Gasteiger partial charge in [0.05, 0.1) is 0 Å². The van der Waals surface area contributed by atoms with Crippen molar-refractivity contribution in [3.63, 3.8) is 0 Å². The average Bonchev–Trinajstić information content (AvgIpc) is 2.38. The number of aliphatic hydroxyl groups excluding tert-OH is 1. The molecule has 0 aliphatic rings. The van der Waals surface area contributed by atoms with Gasteiger partial charge in [-0.3, -0.25) is 4.79 Å². The number of carbonyl (C=O) groups excluding carboxylic acids is 1. The quantitative estimate of drug-likeness (QED) is 0.720. The van der Waals surface area contributed by atoms with Crippen LogP contribution >= 0.6 is 11.8 Å². The lowest BCUT2D eigenvalue weighted by Gasteiger charge is -2.08. The fraction of sp³-hybridized carbons (Fsp3) is 0.533. The van der Waals surface area contributed by atoms with Crippen LogP contribution in [0, 0.1) is 12.8 Å². The summed E-state index contributed by atoms with van der Waals surface area (Å²) in [6.45, 7) is 4.27. The second-order valence-corrected chi connectivity index (χ2v) is 6.03. The van der Waals surface area contributed by atoms with E-state index in [1.54, 1.807) is 11.8 Å². The Labute approximate surface area is 119 Å². The Morgan fingerprint density at radius 1 is 1.47 bits per heavy atom. The minimum absolute atomic E-state index is 0.0707. The summed E-state index contributed by atoms with van der Waals surface area (Å²) >= 11 is 1.80. The lowest BCUT2D eigenvalue weighted by Crippen LogP contribution is -2.11. The number of thioether (sulfide) groups is 1. The van der Waals surface area contributed by atoms with Gasteiger partial charge in [-0.2, -0.15) is 11.8 Å². The maximum Gasteiger partial charge on any atom is 0.224 e. The van der Waals surface area contributed by atoms with Crippen LogP contribution < -0.4 is 5.32 Å². The van der Waals surface area contributed by atoms with Crippen LogP contribution in [0.4, 0.5) is 5.69 Å². The standard InChI is InChI=1S/C15H23NO2S/c1-12-5-3-6-14(9-12)16-15(18)7-4-8-19-11-13(2)10-17/h3,5-6,9,13,17H,4,7-8,10-11H2,1-2H3,(H,16,18). The molecule has 106 valence electrons. The first-order valence-corrected chi connectivity index (χ1v) is 7.82. The van der Waals surface area contributed by atoms with Crippen molar-refractivity contribution in [2.45, 2.75) is 26.7 Å². The van der Waals surface area contributed by atoms with Crippen molar-refractivity contribution >= 4 is 23.4 Å². The van der Waals surface area contributed by atoms with Crippen LogP contribution in [0.3, 0.4) is 0 Å². The van der Waals surface area contributed by atoms with E-state index in [2.05, 4.69) is 5.32 Å². The number of hydrogen-bond acceptors (Lipinski definition) is 3. The molecule has 0 spiro atoms. The minimum Gasteiger partial charge on any atom is -0.396 e. The molecule has 1 amide bonds. The molecule has 2 N–H and O–H groups in total. The molecule has 1 rings (SSSR count). The number of hydrogen-bond donors (Lipinski definition) is 2. The highest BCUT2D eigenvalue weighted by atomic mass is 32.2. The minimum atomic E-state index is 0.0707. The zero-order valence-electron chi connectivity index (χ0n) is 11.7. The summed E-state index contributed by atoms with van der Waals surface area (Å²) in [5.74, 6) is 2.33. The highest BCUT2D eigenvalue weighted by Gasteiger charge is 2.03. The molecule has 0 aromatic heterocycles. The van der Waals surface area contributed by atoms with Gasteiger partial charge in [0.2, 0.25) is 5.91 Å². The summed E-state index contributed by atoms with van der Waals surface area (Å²) in [6.07, 6.45) is 1.43. The summed E-state index contributed by atoms with van der Waals surface area (Å²) in [6, 6.07) is 7.82. The second-order valence-electron chi connectivity index (χ2n) is 4.88. The molecule has 0 heterocycles. The maximum atomic E-state index is 11.7. The second kappa shape index (κ2) is 8.99. The molecule has 3 nitrogen and oxygen atoms in total. The molecule has 0 fully saturated rings. The molecule has 0 aliphatic carbocycles. The first kappa shape index (κ1) is 16.1. The number of aryl methyl sites for hydroxylation is 1. The topological polar surface area (TPSA) is 49.3 Å². The molecular formula is C15H23NO2S. The first-order chi connectivity index (χ1) is 9.11. The fourth-order valence-corrected chi connectivity index (χ4v) is 2.64. The van der Waals surface area contributed by atoms with E-state index in [4.69, 9.17) is 5.11 Å². The molecule has 19 heavy (non-hydrogen) atoms. The lowest BCUT2D eigenvalue weighted by atomic mass is 10.2. The average molecular weight is 281 g/mol. The summed E-state index contributed by atoms with van der Waals surface area (Å²) in [5.41, 5.74) is 2.01. The van der Waals surface area contributed by atoms with E-state index < -0.39 is 0 Å². The Hall–Kier alpha value is -1.00. The number of anilines is 1. The van der Waals surface area contributed by atoms with E-state index in [1.165, 1.54) is 0 Å². The zero-order chi connectivity index (χ0) is 14.1. The lowest BCUT2D eigenvalue weighted by molar-refractivity contribution is -0.116. The Kier molecular flexibility index (Phi) is 7.60. The van der Waals surface area contributed by atoms with Crippen LogP contribution in [0.1, 0.15) is 25.3 Å². The number of nitrogens with one attached hydrogen (secondary N) is 1. The molecule has 1 atom stereocenters. The van der Waals surface area contributed by atoms with Crippen LogP contribution in [0.2, 0.25) is 0 Å². The van der Waals surface area contributed by atoms with E-state index in [0.717, 1.165) is 29.2 Å². The van der Waals surface area contributed by atoms with Gasteiger partial charge in [0.1, 0.15) is 0 Å². The van der Waals surface area contributed by atoms with Gasteiger partial charge in [0.15, 0.2) is 0 Å². The smallest absolute Gasteiger partial charge is 0.224 e. The van der Waals surface area contributed by atoms with Gasteiger partial charge in [0, 0.05) is 18.7 Å². The van der Waals surface area contributed by atoms with Gasteiger partial charge in [-0.25, -0.2) is 0 Å². The van der Waals surface area contributed by atoms with E-state index in [1.807, 2.05) is 38.1 Å². The van der Waals surface area contributed by atoms with Crippen LogP contribution in [-0.2, 0) is 4.79 Å². The molecule has 0 saturated heterocycles. The van der Waals surface area contributed by atoms with Crippen LogP contribution in [0.15, 0.2) is 24.3 Å². The van der Waals surface area contributed by atoms with Gasteiger partial charge < -0.3 is 10.4 Å². The van der Waals surface area contributed by atoms with Crippen molar-refractivity contribution in [3.05, 3.63) is 29.8 Å². The molecule has 1 aromatic rings. The molecule has 1 unspecified atom stereocenters. The Morgan fingerprint density at radius 2 is 2.26 bits per heavy atom. The highest BCUT2D eigenvalue weighted by molar-refractivity contribution is 7.99. The third-order valence-electron chi connectivity index (χ3n) is 2.71. The third-order valence-corrected chi connectivity index (χ3v) is 4.09. The predicted octanol–water partition coefficient (Wildman–Crippen LogP) is 3.08. The predicted molar refractivity (Wildman–Crippen MR) is 82.6 cm³/mol. The van der Waals surface area contributed by atoms with Gasteiger partial charge >= 0.3 is 0 Å². The molecule has 0 aliphatic heterocycles. The number of benzene rings is 1. The summed E-state index contributed by atoms with van der Waals surface area (Å²) in [4.78, 5) is 11.7. The third kappa shape index (κ3) is 7.23. The summed E-state index contributed by atoms with van der Waals surface area (Å²) in [7, 11) is 0. The van der Waals surface area contributed by atoms with Crippen molar-refractivity contribution < 1.29 is 9.90 Å². The van der Waals surface area contributed by atoms with Crippen LogP contribution in [-0.4, -0.2) is 29.1 Å². The highest BCUT2D eigenvalue weighted by Crippen LogP contribution is 2.12. The van der Waals surface area contributed by atoms with Crippen LogP contribution in [0.25, 0.3) is 0 Å². The van der Waals surface area contributed by atoms with Gasteiger partial charge in [-0.05, 0) is 48.5 Å². The van der Waals surface area contributed by atoms with Crippen molar-refractivity contribution in [2.24, 2.45) is 5.92 Å². The Bertz CT molecular complexity index is 395. The molecular weight excluding hydrogens is 258 g/mol.